The van der Waals surface area contributed by atoms with Crippen LogP contribution in [-0.2, 0) is 38.3 Å². The molecule has 0 rings (SSSR count). The van der Waals surface area contributed by atoms with Crippen LogP contribution in [0.4, 0.5) is 0 Å². The van der Waals surface area contributed by atoms with Gasteiger partial charge in [0.05, 0.1) is 0 Å². The molecule has 72 valence electrons. The summed E-state index contributed by atoms with van der Waals surface area (Å²) in [6, 6.07) is 0. The zero-order valence-corrected chi connectivity index (χ0v) is 15.7. The Morgan fingerprint density at radius 2 is 1.36 bits per heavy atom. The van der Waals surface area contributed by atoms with Crippen LogP contribution in [0.2, 0.25) is 0 Å². The Labute approximate surface area is 150 Å². The number of aliphatic hydroxyl groups excluding tert-OH is 1. The van der Waals surface area contributed by atoms with Gasteiger partial charge in [0.2, 0.25) is 0 Å². The first-order chi connectivity index (χ1) is 5.29. The van der Waals surface area contributed by atoms with Gasteiger partial charge in [0.1, 0.15) is 0 Å². The molecule has 0 radical (unpaired) electrons. The molecule has 4 nitrogen and oxygen atoms in total. The van der Waals surface area contributed by atoms with Crippen LogP contribution in [0.25, 0.3) is 0 Å². The van der Waals surface area contributed by atoms with Crippen LogP contribution >= 0.6 is 12.2 Å². The molecule has 0 unspecified atom stereocenters. The topological polar surface area (TPSA) is 46.7 Å². The molecule has 14 heavy (non-hydrogen) atoms. The molecule has 0 spiro atoms. The van der Waals surface area contributed by atoms with E-state index in [0.29, 0.717) is 7.71 Å². The summed E-state index contributed by atoms with van der Waals surface area (Å²) in [5, 5.41) is 15.6. The molecule has 0 saturated heterocycles. The van der Waals surface area contributed by atoms with Crippen LogP contribution < -0.4 is 59.1 Å². The summed E-state index contributed by atoms with van der Waals surface area (Å²) in [7, 11) is 3.66. The maximum atomic E-state index is 7.82. The first kappa shape index (κ1) is 24.9. The largest absolute Gasteiger partial charge is 1.00 e. The Kier molecular flexibility index (Phi) is 26.3. The second-order valence-corrected chi connectivity index (χ2v) is 3.71. The molecule has 0 heterocycles. The van der Waals surface area contributed by atoms with Crippen molar-refractivity contribution in [1.29, 1.82) is 0 Å². The summed E-state index contributed by atoms with van der Waals surface area (Å²) in [5.74, 6) is 0. The van der Waals surface area contributed by atoms with Gasteiger partial charge < -0.3 is 69.0 Å². The van der Waals surface area contributed by atoms with Crippen molar-refractivity contribution in [3.05, 3.63) is 0 Å². The predicted molar refractivity (Wildman–Crippen MR) is 58.9 cm³/mol. The quantitative estimate of drug-likeness (QED) is 0.115. The van der Waals surface area contributed by atoms with Gasteiger partial charge in [0, 0.05) is 14.1 Å². The number of thiocarbonyl (C=S) groups is 1. The number of nitrogens with zero attached hydrogens (tertiary/aromatic N) is 2. The molecular formula is C4H8N2Na2O2S4. The van der Waals surface area contributed by atoms with E-state index < -0.39 is 6.08 Å². The Balaban J connectivity index is -0.0000000625. The van der Waals surface area contributed by atoms with Crippen LogP contribution in [0.5, 0.6) is 0 Å². The van der Waals surface area contributed by atoms with Crippen molar-refractivity contribution in [1.82, 2.24) is 4.90 Å². The van der Waals surface area contributed by atoms with E-state index in [1.165, 1.54) is 0 Å². The minimum absolute atomic E-state index is 0. The predicted octanol–water partition coefficient (Wildman–Crippen LogP) is -6.22. The molecule has 0 amide bonds. The van der Waals surface area contributed by atoms with Crippen molar-refractivity contribution in [2.45, 2.75) is 0 Å². The van der Waals surface area contributed by atoms with Crippen LogP contribution in [0, 0.1) is 0 Å². The monoisotopic (exact) mass is 290 g/mol. The number of rotatable bonds is 0. The third kappa shape index (κ3) is 23.6. The fourth-order valence-electron chi connectivity index (χ4n) is 0. The first-order valence-electron chi connectivity index (χ1n) is 2.56. The SMILES string of the molecule is CN(C)C(=S)[S-].OC(O)=[N+]([S-])[S-].[Na+].[Na+]. The average Bonchev–Trinajstić information content (AvgIpc) is 1.88. The molecule has 0 atom stereocenters. The molecule has 10 heteroatoms. The third-order valence-corrected chi connectivity index (χ3v) is 1.59. The minimum atomic E-state index is -1.03. The molecule has 2 N–H and O–H groups in total. The van der Waals surface area contributed by atoms with Gasteiger partial charge >= 0.3 is 65.2 Å². The molecule has 0 bridgehead atoms. The molecule has 0 saturated carbocycles. The van der Waals surface area contributed by atoms with E-state index in [-0.39, 0.29) is 59.1 Å². The smallest absolute Gasteiger partial charge is 0.446 e. The first-order valence-corrected chi connectivity index (χ1v) is 4.11. The van der Waals surface area contributed by atoms with E-state index in [2.05, 4.69) is 50.5 Å². The maximum Gasteiger partial charge on any atom is 1.00 e. The van der Waals surface area contributed by atoms with Gasteiger partial charge in [-0.05, 0) is 0 Å². The average molecular weight is 290 g/mol. The van der Waals surface area contributed by atoms with Gasteiger partial charge in [-0.2, -0.15) is 0 Å². The molecule has 0 fully saturated rings. The van der Waals surface area contributed by atoms with Gasteiger partial charge in [0.25, 0.3) is 0 Å². The van der Waals surface area contributed by atoms with Gasteiger partial charge in [-0.15, -0.1) is 0 Å². The molecule has 0 aromatic rings. The van der Waals surface area contributed by atoms with Crippen molar-refractivity contribution in [2.24, 2.45) is 0 Å². The fraction of sp³-hybridized carbons (Fsp3) is 0.500. The zero-order chi connectivity index (χ0) is 10.3. The van der Waals surface area contributed by atoms with E-state index >= 15 is 0 Å². The van der Waals surface area contributed by atoms with Gasteiger partial charge in [0.15, 0.2) is 0 Å². The maximum absolute atomic E-state index is 7.82. The second kappa shape index (κ2) is 14.8. The summed E-state index contributed by atoms with van der Waals surface area (Å²) >= 11 is 17.1. The molecule has 0 aromatic heterocycles. The summed E-state index contributed by atoms with van der Waals surface area (Å²) in [5.41, 5.74) is 0. The van der Waals surface area contributed by atoms with E-state index in [4.69, 9.17) is 10.2 Å². The van der Waals surface area contributed by atoms with E-state index in [9.17, 15) is 0 Å². The fourth-order valence-corrected chi connectivity index (χ4v) is 0. The summed E-state index contributed by atoms with van der Waals surface area (Å²) < 4.78 is 0.870. The Hall–Kier alpha value is 1.82. The van der Waals surface area contributed by atoms with Crippen LogP contribution in [-0.4, -0.2) is 43.0 Å². The molecule has 0 aromatic carbocycles. The van der Waals surface area contributed by atoms with Crippen LogP contribution in [0.1, 0.15) is 0 Å². The molecule has 0 aliphatic heterocycles. The van der Waals surface area contributed by atoms with Gasteiger partial charge in [-0.25, -0.2) is 0 Å². The van der Waals surface area contributed by atoms with Gasteiger partial charge in [-0.3, -0.25) is 0 Å². The van der Waals surface area contributed by atoms with E-state index in [0.717, 1.165) is 0 Å². The van der Waals surface area contributed by atoms with Crippen LogP contribution in [0.3, 0.4) is 0 Å². The Bertz CT molecular complexity index is 172. The number of hydrogen-bond acceptors (Lipinski definition) is 4. The van der Waals surface area contributed by atoms with Crippen molar-refractivity contribution >= 4 is 60.9 Å². The normalized spacial score (nSPS) is 6.43. The third-order valence-electron chi connectivity index (χ3n) is 0.528. The molecule has 0 aliphatic carbocycles. The Morgan fingerprint density at radius 3 is 1.36 bits per heavy atom. The number of aliphatic hydroxyl groups is 2. The van der Waals surface area contributed by atoms with Crippen LogP contribution in [0.15, 0.2) is 0 Å². The zero-order valence-electron chi connectivity index (χ0n) is 8.42. The van der Waals surface area contributed by atoms with E-state index in [1.807, 2.05) is 14.1 Å². The number of hydrogen-bond donors (Lipinski definition) is 2. The molecule has 0 aliphatic rings. The minimum Gasteiger partial charge on any atom is -0.446 e. The van der Waals surface area contributed by atoms with Crippen molar-refractivity contribution in [3.8, 4) is 0 Å². The van der Waals surface area contributed by atoms with Gasteiger partial charge in [-0.1, -0.05) is 4.32 Å². The Morgan fingerprint density at radius 1 is 1.21 bits per heavy atom. The summed E-state index contributed by atoms with van der Waals surface area (Å²) in [6.45, 7) is 0. The summed E-state index contributed by atoms with van der Waals surface area (Å²) in [4.78, 5) is 1.71. The second-order valence-electron chi connectivity index (χ2n) is 1.72. The van der Waals surface area contributed by atoms with Crippen molar-refractivity contribution in [3.63, 3.8) is 0 Å². The van der Waals surface area contributed by atoms with Crippen molar-refractivity contribution in [2.75, 3.05) is 14.1 Å². The standard InChI is InChI=1S/C3H7NS2.CH2NO2S2.2Na/c1-4(2)3(5)6;3-1(4)2(5)6;;/h1-2H3,(H,5,6);(H2-,3,4,5,6);;/q;-1;2*+1/p-1. The summed E-state index contributed by atoms with van der Waals surface area (Å²) in [6.07, 6.45) is -1.03. The van der Waals surface area contributed by atoms with Crippen molar-refractivity contribution < 1.29 is 72.7 Å². The molecular weight excluding hydrogens is 282 g/mol. The van der Waals surface area contributed by atoms with E-state index in [1.54, 1.807) is 4.90 Å².